The Bertz CT molecular complexity index is 1360. The molecule has 174 valence electrons. The van der Waals surface area contributed by atoms with Gasteiger partial charge in [-0.25, -0.2) is 0 Å². The molecular weight excluding hydrogens is 444 g/mol. The van der Waals surface area contributed by atoms with Crippen LogP contribution in [0.1, 0.15) is 49.1 Å². The highest BCUT2D eigenvalue weighted by atomic mass is 32.2. The number of pyridine rings is 1. The molecule has 2 atom stereocenters. The number of nitrogens with one attached hydrogen (secondary N) is 3. The van der Waals surface area contributed by atoms with Crippen molar-refractivity contribution in [2.45, 2.75) is 43.6 Å². The second kappa shape index (κ2) is 8.11. The summed E-state index contributed by atoms with van der Waals surface area (Å²) in [7, 11) is 1.58. The molecule has 9 nitrogen and oxygen atoms in total. The van der Waals surface area contributed by atoms with Gasteiger partial charge in [-0.2, -0.15) is 0 Å². The lowest BCUT2D eigenvalue weighted by Gasteiger charge is -2.36. The van der Waals surface area contributed by atoms with E-state index < -0.39 is 5.25 Å². The summed E-state index contributed by atoms with van der Waals surface area (Å²) in [5.74, 6) is 1.03. The first-order chi connectivity index (χ1) is 15.8. The maximum absolute atomic E-state index is 13.2. The summed E-state index contributed by atoms with van der Waals surface area (Å²) >= 11 is 1.27. The smallest absolute Gasteiger partial charge is 0.270 e. The van der Waals surface area contributed by atoms with Crippen molar-refractivity contribution in [1.82, 2.24) is 14.8 Å². The van der Waals surface area contributed by atoms with Crippen molar-refractivity contribution in [2.24, 2.45) is 0 Å². The number of carbonyl (C=O) groups excluding carboxylic acids is 1. The molecule has 1 saturated heterocycles. The van der Waals surface area contributed by atoms with Crippen LogP contribution in [0.25, 0.3) is 10.9 Å². The molecule has 2 aliphatic rings. The molecule has 33 heavy (non-hydrogen) atoms. The largest absolute Gasteiger partial charge is 0.497 e. The Morgan fingerprint density at radius 1 is 1.18 bits per heavy atom. The predicted octanol–water partition coefficient (Wildman–Crippen LogP) is 2.93. The molecule has 0 unspecified atom stereocenters. The first-order valence-electron chi connectivity index (χ1n) is 10.9. The van der Waals surface area contributed by atoms with Gasteiger partial charge in [0.2, 0.25) is 5.91 Å². The topological polar surface area (TPSA) is 118 Å². The Balaban J connectivity index is 1.65. The Kier molecular flexibility index (Phi) is 5.37. The molecule has 0 aliphatic carbocycles. The fourth-order valence-electron chi connectivity index (χ4n) is 4.71. The average Bonchev–Trinajstić information content (AvgIpc) is 2.98. The van der Waals surface area contributed by atoms with Gasteiger partial charge in [0.15, 0.2) is 0 Å². The van der Waals surface area contributed by atoms with E-state index in [0.29, 0.717) is 47.7 Å². The van der Waals surface area contributed by atoms with Gasteiger partial charge in [0, 0.05) is 23.1 Å². The monoisotopic (exact) mass is 470 g/mol. The number of rotatable bonds is 3. The number of fused-ring (bicyclic) bond motifs is 2. The maximum atomic E-state index is 13.2. The zero-order valence-corrected chi connectivity index (χ0v) is 19.5. The second-order valence-corrected chi connectivity index (χ2v) is 10.2. The first kappa shape index (κ1) is 21.8. The van der Waals surface area contributed by atoms with E-state index in [2.05, 4.69) is 15.4 Å². The van der Waals surface area contributed by atoms with Crippen LogP contribution in [0, 0.1) is 0 Å². The highest BCUT2D eigenvalue weighted by Gasteiger charge is 2.36. The molecule has 1 fully saturated rings. The first-order valence-corrected chi connectivity index (χ1v) is 11.9. The quantitative estimate of drug-likeness (QED) is 0.542. The van der Waals surface area contributed by atoms with Crippen LogP contribution in [0.2, 0.25) is 0 Å². The van der Waals surface area contributed by atoms with Crippen LogP contribution in [0.15, 0.2) is 33.9 Å². The van der Waals surface area contributed by atoms with Crippen LogP contribution in [-0.4, -0.2) is 45.7 Å². The van der Waals surface area contributed by atoms with Crippen LogP contribution in [0.3, 0.4) is 0 Å². The second-order valence-electron chi connectivity index (χ2n) is 9.07. The van der Waals surface area contributed by atoms with Crippen LogP contribution in [0.4, 0.5) is 5.82 Å². The number of anilines is 1. The van der Waals surface area contributed by atoms with Crippen molar-refractivity contribution in [3.8, 4) is 5.75 Å². The molecule has 3 aromatic rings. The number of hydrogen-bond acceptors (Lipinski definition) is 6. The van der Waals surface area contributed by atoms with Gasteiger partial charge in [-0.05, 0) is 51.0 Å². The molecule has 10 heteroatoms. The lowest BCUT2D eigenvalue weighted by Crippen LogP contribution is -2.36. The van der Waals surface area contributed by atoms with Crippen molar-refractivity contribution >= 4 is 34.4 Å². The van der Waals surface area contributed by atoms with Crippen molar-refractivity contribution in [3.05, 3.63) is 56.1 Å². The van der Waals surface area contributed by atoms with E-state index in [0.717, 1.165) is 5.39 Å². The van der Waals surface area contributed by atoms with Gasteiger partial charge in [-0.1, -0.05) is 0 Å². The number of nitrogens with zero attached hydrogens (tertiary/aromatic N) is 1. The van der Waals surface area contributed by atoms with Crippen molar-refractivity contribution in [2.75, 3.05) is 24.8 Å². The van der Waals surface area contributed by atoms with E-state index in [4.69, 9.17) is 9.47 Å². The SMILES string of the molecule is COc1ccc2[nH]c(=O)c([C@@H]3SCC(=O)Nc4c3c(=O)[nH]n4[C@H]3CCOC(C)(C)C3)cc2c1. The zero-order valence-electron chi connectivity index (χ0n) is 18.7. The molecule has 4 heterocycles. The third-order valence-corrected chi connectivity index (χ3v) is 7.51. The van der Waals surface area contributed by atoms with Crippen LogP contribution >= 0.6 is 11.8 Å². The molecule has 3 N–H and O–H groups in total. The number of aromatic amines is 2. The van der Waals surface area contributed by atoms with Crippen LogP contribution in [-0.2, 0) is 9.53 Å². The van der Waals surface area contributed by atoms with Gasteiger partial charge in [0.05, 0.1) is 35.3 Å². The summed E-state index contributed by atoms with van der Waals surface area (Å²) in [5, 5.41) is 6.03. The highest BCUT2D eigenvalue weighted by Crippen LogP contribution is 2.41. The number of methoxy groups -OCH3 is 1. The summed E-state index contributed by atoms with van der Waals surface area (Å²) in [5.41, 5.74) is 0.559. The van der Waals surface area contributed by atoms with Crippen molar-refractivity contribution < 1.29 is 14.3 Å². The Morgan fingerprint density at radius 2 is 2.00 bits per heavy atom. The molecule has 1 aromatic carbocycles. The van der Waals surface area contributed by atoms with Crippen LogP contribution < -0.4 is 21.2 Å². The Morgan fingerprint density at radius 3 is 2.76 bits per heavy atom. The van der Waals surface area contributed by atoms with Gasteiger partial charge in [0.1, 0.15) is 11.6 Å². The van der Waals surface area contributed by atoms with Gasteiger partial charge >= 0.3 is 0 Å². The summed E-state index contributed by atoms with van der Waals surface area (Å²) in [6.45, 7) is 4.59. The number of amides is 1. The molecule has 2 aromatic heterocycles. The molecule has 0 saturated carbocycles. The fourth-order valence-corrected chi connectivity index (χ4v) is 5.84. The number of ether oxygens (including phenoxy) is 2. The Labute approximate surface area is 193 Å². The summed E-state index contributed by atoms with van der Waals surface area (Å²) in [6, 6.07) is 7.14. The molecule has 2 aliphatic heterocycles. The van der Waals surface area contributed by atoms with Gasteiger partial charge in [-0.3, -0.25) is 24.2 Å². The minimum Gasteiger partial charge on any atom is -0.497 e. The number of hydrogen-bond donors (Lipinski definition) is 3. The van der Waals surface area contributed by atoms with E-state index in [1.165, 1.54) is 11.8 Å². The van der Waals surface area contributed by atoms with E-state index in [-0.39, 0.29) is 34.4 Å². The van der Waals surface area contributed by atoms with E-state index in [1.54, 1.807) is 30.0 Å². The minimum atomic E-state index is -0.601. The normalized spacial score (nSPS) is 22.5. The molecule has 0 spiro atoms. The number of benzene rings is 1. The van der Waals surface area contributed by atoms with Crippen molar-refractivity contribution in [3.63, 3.8) is 0 Å². The summed E-state index contributed by atoms with van der Waals surface area (Å²) < 4.78 is 12.9. The number of thioether (sulfide) groups is 1. The zero-order chi connectivity index (χ0) is 23.3. The molecular formula is C23H26N4O5S. The average molecular weight is 471 g/mol. The Hall–Kier alpha value is -2.98. The van der Waals surface area contributed by atoms with Gasteiger partial charge < -0.3 is 19.8 Å². The highest BCUT2D eigenvalue weighted by molar-refractivity contribution is 8.00. The standard InChI is InChI=1S/C23H26N4O5S/c1-23(2)10-13(6-7-32-23)27-20-18(22(30)26-27)19(33-11-17(28)25-20)15-9-12-8-14(31-3)4-5-16(12)24-21(15)29/h4-5,8-9,13,19H,6-7,10-11H2,1-3H3,(H,24,29)(H,25,28)(H,26,30)/t13-,19-/m0/s1. The van der Waals surface area contributed by atoms with E-state index >= 15 is 0 Å². The van der Waals surface area contributed by atoms with Crippen LogP contribution in [0.5, 0.6) is 5.75 Å². The lowest BCUT2D eigenvalue weighted by molar-refractivity contribution is -0.113. The van der Waals surface area contributed by atoms with E-state index in [1.807, 2.05) is 19.9 Å². The molecule has 0 bridgehead atoms. The fraction of sp³-hybridized carbons (Fsp3) is 0.435. The molecule has 5 rings (SSSR count). The summed E-state index contributed by atoms with van der Waals surface area (Å²) in [6.07, 6.45) is 1.40. The molecule has 0 radical (unpaired) electrons. The maximum Gasteiger partial charge on any atom is 0.270 e. The van der Waals surface area contributed by atoms with Gasteiger partial charge in [-0.15, -0.1) is 11.8 Å². The number of H-pyrrole nitrogens is 2. The van der Waals surface area contributed by atoms with E-state index in [9.17, 15) is 14.4 Å². The van der Waals surface area contributed by atoms with Gasteiger partial charge in [0.25, 0.3) is 11.1 Å². The number of carbonyl (C=O) groups is 1. The number of aromatic nitrogens is 3. The molecule has 1 amide bonds. The third-order valence-electron chi connectivity index (χ3n) is 6.26. The third kappa shape index (κ3) is 3.97. The lowest BCUT2D eigenvalue weighted by atomic mass is 9.94. The van der Waals surface area contributed by atoms with Crippen molar-refractivity contribution in [1.29, 1.82) is 0 Å². The predicted molar refractivity (Wildman–Crippen MR) is 127 cm³/mol. The summed E-state index contributed by atoms with van der Waals surface area (Å²) in [4.78, 5) is 41.7. The minimum absolute atomic E-state index is 0.0339.